The Kier molecular flexibility index (Phi) is 4.84. The van der Waals surface area contributed by atoms with E-state index < -0.39 is 0 Å². The first kappa shape index (κ1) is 15.6. The number of nitrogens with zero attached hydrogens (tertiary/aromatic N) is 2. The molecule has 0 aromatic carbocycles. The van der Waals surface area contributed by atoms with Crippen molar-refractivity contribution in [3.05, 3.63) is 27.8 Å². The van der Waals surface area contributed by atoms with Gasteiger partial charge in [0, 0.05) is 25.2 Å². The van der Waals surface area contributed by atoms with Crippen molar-refractivity contribution >= 4 is 0 Å². The Morgan fingerprint density at radius 1 is 1.18 bits per heavy atom. The smallest absolute Gasteiger partial charge is 0.227 e. The molecule has 1 aromatic rings. The summed E-state index contributed by atoms with van der Waals surface area (Å²) in [5.74, 6) is 0.728. The quantitative estimate of drug-likeness (QED) is 0.927. The molecule has 0 saturated carbocycles. The normalized spacial score (nSPS) is 22.0. The van der Waals surface area contributed by atoms with Crippen LogP contribution in [0.5, 0.6) is 5.75 Å². The van der Waals surface area contributed by atoms with Crippen LogP contribution >= 0.6 is 0 Å². The van der Waals surface area contributed by atoms with Crippen LogP contribution in [0.1, 0.15) is 43.6 Å². The molecule has 22 heavy (non-hydrogen) atoms. The topological polar surface area (TPSA) is 56.9 Å². The van der Waals surface area contributed by atoms with E-state index in [9.17, 15) is 9.90 Å². The Bertz CT molecular complexity index is 556. The lowest BCUT2D eigenvalue weighted by molar-refractivity contribution is 0.0855. The Labute approximate surface area is 131 Å². The maximum Gasteiger partial charge on any atom is 0.227 e. The summed E-state index contributed by atoms with van der Waals surface area (Å²) >= 11 is 0. The molecular weight excluding hydrogens is 280 g/mol. The second-order valence-electron chi connectivity index (χ2n) is 6.60. The molecule has 0 unspecified atom stereocenters. The van der Waals surface area contributed by atoms with E-state index in [1.54, 1.807) is 6.92 Å². The summed E-state index contributed by atoms with van der Waals surface area (Å²) in [7, 11) is 0. The number of rotatable bonds is 3. The van der Waals surface area contributed by atoms with Gasteiger partial charge in [-0.15, -0.1) is 0 Å². The summed E-state index contributed by atoms with van der Waals surface area (Å²) < 4.78 is 5.53. The Morgan fingerprint density at radius 3 is 2.55 bits per heavy atom. The zero-order chi connectivity index (χ0) is 15.5. The highest BCUT2D eigenvalue weighted by atomic mass is 16.4. The number of piperidine rings is 2. The van der Waals surface area contributed by atoms with Crippen LogP contribution in [0.4, 0.5) is 0 Å². The standard InChI is InChI=1S/C17H26N2O3/c1-13-11-15(20)17(21)16(22-13)12-18-9-5-14(6-10-18)19-7-3-2-4-8-19/h11,14,21H,2-10,12H2,1H3. The molecule has 3 rings (SSSR count). The van der Waals surface area contributed by atoms with Crippen molar-refractivity contribution < 1.29 is 9.52 Å². The number of likely N-dealkylation sites (tertiary alicyclic amines) is 2. The fourth-order valence-corrected chi connectivity index (χ4v) is 3.70. The molecule has 0 atom stereocenters. The molecule has 0 bridgehead atoms. The zero-order valence-electron chi connectivity index (χ0n) is 13.4. The third-order valence-electron chi connectivity index (χ3n) is 4.95. The molecule has 1 aromatic heterocycles. The van der Waals surface area contributed by atoms with Gasteiger partial charge in [-0.3, -0.25) is 9.69 Å². The van der Waals surface area contributed by atoms with E-state index in [4.69, 9.17) is 4.42 Å². The van der Waals surface area contributed by atoms with Gasteiger partial charge in [-0.1, -0.05) is 6.42 Å². The molecule has 122 valence electrons. The first-order valence-corrected chi connectivity index (χ1v) is 8.42. The summed E-state index contributed by atoms with van der Waals surface area (Å²) in [6, 6.07) is 2.04. The lowest BCUT2D eigenvalue weighted by Crippen LogP contribution is -2.46. The first-order valence-electron chi connectivity index (χ1n) is 8.42. The van der Waals surface area contributed by atoms with Gasteiger partial charge in [0.25, 0.3) is 0 Å². The van der Waals surface area contributed by atoms with Gasteiger partial charge in [0.2, 0.25) is 11.2 Å². The summed E-state index contributed by atoms with van der Waals surface area (Å²) in [5.41, 5.74) is -0.345. The van der Waals surface area contributed by atoms with Crippen molar-refractivity contribution in [1.82, 2.24) is 9.80 Å². The van der Waals surface area contributed by atoms with Crippen LogP contribution in [0, 0.1) is 6.92 Å². The second-order valence-corrected chi connectivity index (χ2v) is 6.60. The van der Waals surface area contributed by atoms with Crippen molar-refractivity contribution in [3.63, 3.8) is 0 Å². The predicted molar refractivity (Wildman–Crippen MR) is 85.1 cm³/mol. The average molecular weight is 306 g/mol. The molecule has 0 amide bonds. The monoisotopic (exact) mass is 306 g/mol. The largest absolute Gasteiger partial charge is 0.502 e. The Morgan fingerprint density at radius 2 is 1.86 bits per heavy atom. The highest BCUT2D eigenvalue weighted by Gasteiger charge is 2.26. The van der Waals surface area contributed by atoms with Gasteiger partial charge in [0.1, 0.15) is 5.76 Å². The molecule has 5 heteroatoms. The summed E-state index contributed by atoms with van der Waals surface area (Å²) in [4.78, 5) is 16.5. The second kappa shape index (κ2) is 6.84. The van der Waals surface area contributed by atoms with Gasteiger partial charge in [0.15, 0.2) is 5.76 Å². The summed E-state index contributed by atoms with van der Waals surface area (Å²) in [6.45, 7) is 6.76. The lowest BCUT2D eigenvalue weighted by atomic mass is 10.00. The Hall–Kier alpha value is -1.33. The van der Waals surface area contributed by atoms with E-state index in [1.807, 2.05) is 0 Å². The molecule has 0 radical (unpaired) electrons. The lowest BCUT2D eigenvalue weighted by Gasteiger charge is -2.40. The minimum atomic E-state index is -0.345. The molecule has 2 fully saturated rings. The predicted octanol–water partition coefficient (Wildman–Crippen LogP) is 2.10. The summed E-state index contributed by atoms with van der Waals surface area (Å²) in [6.07, 6.45) is 6.37. The molecule has 1 N–H and O–H groups in total. The van der Waals surface area contributed by atoms with Gasteiger partial charge < -0.3 is 14.4 Å². The minimum Gasteiger partial charge on any atom is -0.502 e. The van der Waals surface area contributed by atoms with Crippen LogP contribution in [0.2, 0.25) is 0 Å². The number of aryl methyl sites for hydroxylation is 1. The first-order chi connectivity index (χ1) is 10.6. The molecule has 2 aliphatic heterocycles. The van der Waals surface area contributed by atoms with Crippen molar-refractivity contribution in [2.24, 2.45) is 0 Å². The van der Waals surface area contributed by atoms with E-state index in [1.165, 1.54) is 38.4 Å². The van der Waals surface area contributed by atoms with Crippen molar-refractivity contribution in [3.8, 4) is 5.75 Å². The van der Waals surface area contributed by atoms with Crippen molar-refractivity contribution in [1.29, 1.82) is 0 Å². The third-order valence-corrected chi connectivity index (χ3v) is 4.95. The zero-order valence-corrected chi connectivity index (χ0v) is 13.4. The number of aromatic hydroxyl groups is 1. The highest BCUT2D eigenvalue weighted by molar-refractivity contribution is 5.24. The van der Waals surface area contributed by atoms with E-state index in [0.29, 0.717) is 24.1 Å². The van der Waals surface area contributed by atoms with Crippen molar-refractivity contribution in [2.75, 3.05) is 26.2 Å². The van der Waals surface area contributed by atoms with Gasteiger partial charge >= 0.3 is 0 Å². The van der Waals surface area contributed by atoms with Crippen LogP contribution in [0.25, 0.3) is 0 Å². The Balaban J connectivity index is 1.57. The van der Waals surface area contributed by atoms with Crippen LogP contribution in [0.15, 0.2) is 15.3 Å². The molecular formula is C17H26N2O3. The van der Waals surface area contributed by atoms with Gasteiger partial charge in [-0.2, -0.15) is 0 Å². The SMILES string of the molecule is Cc1cc(=O)c(O)c(CN2CCC(N3CCCCC3)CC2)o1. The van der Waals surface area contributed by atoms with Crippen LogP contribution < -0.4 is 5.43 Å². The van der Waals surface area contributed by atoms with Gasteiger partial charge in [0.05, 0.1) is 6.54 Å². The fraction of sp³-hybridized carbons (Fsp3) is 0.706. The van der Waals surface area contributed by atoms with E-state index >= 15 is 0 Å². The van der Waals surface area contributed by atoms with Gasteiger partial charge in [-0.25, -0.2) is 0 Å². The van der Waals surface area contributed by atoms with Crippen LogP contribution in [-0.4, -0.2) is 47.1 Å². The summed E-state index contributed by atoms with van der Waals surface area (Å²) in [5, 5.41) is 9.87. The molecule has 0 aliphatic carbocycles. The van der Waals surface area contributed by atoms with Gasteiger partial charge in [-0.05, 0) is 45.7 Å². The molecule has 2 aliphatic rings. The van der Waals surface area contributed by atoms with E-state index in [0.717, 1.165) is 25.9 Å². The maximum absolute atomic E-state index is 11.6. The van der Waals surface area contributed by atoms with Crippen LogP contribution in [-0.2, 0) is 6.54 Å². The molecule has 3 heterocycles. The van der Waals surface area contributed by atoms with E-state index in [-0.39, 0.29) is 11.2 Å². The highest BCUT2D eigenvalue weighted by Crippen LogP contribution is 2.23. The minimum absolute atomic E-state index is 0.233. The number of hydrogen-bond acceptors (Lipinski definition) is 5. The molecule has 0 spiro atoms. The van der Waals surface area contributed by atoms with Crippen LogP contribution in [0.3, 0.4) is 0 Å². The fourth-order valence-electron chi connectivity index (χ4n) is 3.70. The molecule has 5 nitrogen and oxygen atoms in total. The molecule has 2 saturated heterocycles. The average Bonchev–Trinajstić information content (AvgIpc) is 2.54. The van der Waals surface area contributed by atoms with E-state index in [2.05, 4.69) is 9.80 Å². The maximum atomic E-state index is 11.6. The van der Waals surface area contributed by atoms with Crippen molar-refractivity contribution in [2.45, 2.75) is 51.6 Å². The third kappa shape index (κ3) is 3.52. The number of hydrogen-bond donors (Lipinski definition) is 1.